The summed E-state index contributed by atoms with van der Waals surface area (Å²) in [5.41, 5.74) is 7.75. The summed E-state index contributed by atoms with van der Waals surface area (Å²) in [6.07, 6.45) is 0. The molecule has 0 fully saturated rings. The molecule has 144 valence electrons. The number of sulfonamides is 1. The van der Waals surface area contributed by atoms with Crippen molar-refractivity contribution in [2.75, 3.05) is 10.5 Å². The SMILES string of the molecule is CCS(=O)(=O)Nc1ccc2nc(-c3ccccc3)cc(C(=O)NC(=N)N)c2c1. The van der Waals surface area contributed by atoms with Crippen LogP contribution in [0.25, 0.3) is 22.2 Å². The van der Waals surface area contributed by atoms with Gasteiger partial charge in [-0.15, -0.1) is 0 Å². The Kier molecular flexibility index (Phi) is 5.27. The molecular formula is C19H19N5O3S. The normalized spacial score (nSPS) is 11.2. The molecule has 1 aromatic heterocycles. The molecule has 3 aromatic rings. The fraction of sp³-hybridized carbons (Fsp3) is 0.105. The van der Waals surface area contributed by atoms with Crippen molar-refractivity contribution in [3.63, 3.8) is 0 Å². The monoisotopic (exact) mass is 397 g/mol. The molecule has 3 rings (SSSR count). The molecule has 0 unspecified atom stereocenters. The summed E-state index contributed by atoms with van der Waals surface area (Å²) in [7, 11) is -3.47. The van der Waals surface area contributed by atoms with E-state index in [-0.39, 0.29) is 11.3 Å². The van der Waals surface area contributed by atoms with Crippen LogP contribution in [0.15, 0.2) is 54.6 Å². The number of nitrogens with zero attached hydrogens (tertiary/aromatic N) is 1. The summed E-state index contributed by atoms with van der Waals surface area (Å²) >= 11 is 0. The van der Waals surface area contributed by atoms with Gasteiger partial charge in [-0.2, -0.15) is 0 Å². The standard InChI is InChI=1S/C19H19N5O3S/c1-2-28(26,27)24-13-8-9-16-14(10-13)15(18(25)23-19(20)21)11-17(22-16)12-6-4-3-5-7-12/h3-11,24H,2H2,1H3,(H4,20,21,23,25). The number of nitrogens with two attached hydrogens (primary N) is 1. The molecule has 0 aliphatic rings. The smallest absolute Gasteiger partial charge is 0.258 e. The Morgan fingerprint density at radius 1 is 1.14 bits per heavy atom. The van der Waals surface area contributed by atoms with E-state index in [1.165, 1.54) is 6.92 Å². The van der Waals surface area contributed by atoms with Gasteiger partial charge in [-0.25, -0.2) is 13.4 Å². The lowest BCUT2D eigenvalue weighted by molar-refractivity contribution is 0.0978. The van der Waals surface area contributed by atoms with E-state index < -0.39 is 21.9 Å². The Morgan fingerprint density at radius 3 is 2.50 bits per heavy atom. The van der Waals surface area contributed by atoms with Crippen molar-refractivity contribution in [3.05, 3.63) is 60.2 Å². The number of nitrogens with one attached hydrogen (secondary N) is 3. The fourth-order valence-electron chi connectivity index (χ4n) is 2.68. The molecule has 2 aromatic carbocycles. The summed E-state index contributed by atoms with van der Waals surface area (Å²) in [5.74, 6) is -1.14. The van der Waals surface area contributed by atoms with Crippen LogP contribution in [0.1, 0.15) is 17.3 Å². The molecule has 9 heteroatoms. The number of carbonyl (C=O) groups is 1. The maximum atomic E-state index is 12.6. The predicted molar refractivity (Wildman–Crippen MR) is 110 cm³/mol. The minimum atomic E-state index is -3.47. The van der Waals surface area contributed by atoms with Crippen molar-refractivity contribution in [2.45, 2.75) is 6.92 Å². The summed E-state index contributed by atoms with van der Waals surface area (Å²) in [6.45, 7) is 1.53. The first-order valence-corrected chi connectivity index (χ1v) is 10.1. The summed E-state index contributed by atoms with van der Waals surface area (Å²) in [6, 6.07) is 15.7. The van der Waals surface area contributed by atoms with Crippen molar-refractivity contribution in [2.24, 2.45) is 5.73 Å². The van der Waals surface area contributed by atoms with Gasteiger partial charge in [-0.1, -0.05) is 30.3 Å². The summed E-state index contributed by atoms with van der Waals surface area (Å²) < 4.78 is 26.2. The van der Waals surface area contributed by atoms with Crippen LogP contribution >= 0.6 is 0 Å². The molecule has 8 nitrogen and oxygen atoms in total. The summed E-state index contributed by atoms with van der Waals surface area (Å²) in [5, 5.41) is 10.0. The highest BCUT2D eigenvalue weighted by atomic mass is 32.2. The molecule has 0 saturated carbocycles. The van der Waals surface area contributed by atoms with Crippen LogP contribution in [0.2, 0.25) is 0 Å². The number of anilines is 1. The highest BCUT2D eigenvalue weighted by Crippen LogP contribution is 2.27. The van der Waals surface area contributed by atoms with Crippen molar-refractivity contribution in [1.29, 1.82) is 5.41 Å². The second kappa shape index (κ2) is 7.65. The third kappa shape index (κ3) is 4.26. The van der Waals surface area contributed by atoms with E-state index in [0.717, 1.165) is 5.56 Å². The van der Waals surface area contributed by atoms with Gasteiger partial charge in [0.15, 0.2) is 5.96 Å². The highest BCUT2D eigenvalue weighted by Gasteiger charge is 2.16. The van der Waals surface area contributed by atoms with E-state index in [2.05, 4.69) is 15.0 Å². The molecule has 0 aliphatic heterocycles. The Hall–Kier alpha value is -3.46. The molecule has 0 spiro atoms. The Morgan fingerprint density at radius 2 is 1.86 bits per heavy atom. The quantitative estimate of drug-likeness (QED) is 0.386. The van der Waals surface area contributed by atoms with Crippen molar-refractivity contribution < 1.29 is 13.2 Å². The van der Waals surface area contributed by atoms with Crippen molar-refractivity contribution in [3.8, 4) is 11.3 Å². The van der Waals surface area contributed by atoms with Crippen molar-refractivity contribution >= 4 is 38.5 Å². The second-order valence-electron chi connectivity index (χ2n) is 6.03. The van der Waals surface area contributed by atoms with Gasteiger partial charge in [0.25, 0.3) is 5.91 Å². The van der Waals surface area contributed by atoms with E-state index in [1.54, 1.807) is 24.3 Å². The van der Waals surface area contributed by atoms with E-state index in [9.17, 15) is 13.2 Å². The molecule has 0 saturated heterocycles. The largest absolute Gasteiger partial charge is 0.370 e. The van der Waals surface area contributed by atoms with E-state index in [1.807, 2.05) is 30.3 Å². The average Bonchev–Trinajstić information content (AvgIpc) is 2.67. The molecular weight excluding hydrogens is 378 g/mol. The molecule has 0 bridgehead atoms. The maximum absolute atomic E-state index is 12.6. The number of benzene rings is 2. The lowest BCUT2D eigenvalue weighted by Gasteiger charge is -2.12. The van der Waals surface area contributed by atoms with E-state index in [0.29, 0.717) is 22.3 Å². The minimum Gasteiger partial charge on any atom is -0.370 e. The van der Waals surface area contributed by atoms with Gasteiger partial charge in [0.1, 0.15) is 0 Å². The van der Waals surface area contributed by atoms with Gasteiger partial charge >= 0.3 is 0 Å². The average molecular weight is 397 g/mol. The zero-order chi connectivity index (χ0) is 20.3. The number of fused-ring (bicyclic) bond motifs is 1. The molecule has 0 radical (unpaired) electrons. The first-order chi connectivity index (χ1) is 13.3. The minimum absolute atomic E-state index is 0.0755. The van der Waals surface area contributed by atoms with Crippen LogP contribution < -0.4 is 15.8 Å². The van der Waals surface area contributed by atoms with Gasteiger partial charge in [0.2, 0.25) is 10.0 Å². The Balaban J connectivity index is 2.19. The van der Waals surface area contributed by atoms with Crippen molar-refractivity contribution in [1.82, 2.24) is 10.3 Å². The number of guanidine groups is 1. The zero-order valence-corrected chi connectivity index (χ0v) is 15.9. The molecule has 5 N–H and O–H groups in total. The first-order valence-electron chi connectivity index (χ1n) is 8.45. The number of pyridine rings is 1. The number of hydrogen-bond acceptors (Lipinski definition) is 5. The van der Waals surface area contributed by atoms with E-state index >= 15 is 0 Å². The lowest BCUT2D eigenvalue weighted by atomic mass is 10.0. The fourth-order valence-corrected chi connectivity index (χ4v) is 3.31. The third-order valence-electron chi connectivity index (χ3n) is 4.02. The van der Waals surface area contributed by atoms with Crippen LogP contribution in [0.3, 0.4) is 0 Å². The molecule has 1 heterocycles. The van der Waals surface area contributed by atoms with Gasteiger partial charge in [-0.05, 0) is 31.2 Å². The molecule has 0 aliphatic carbocycles. The highest BCUT2D eigenvalue weighted by molar-refractivity contribution is 7.92. The Labute approximate surface area is 162 Å². The topological polar surface area (TPSA) is 138 Å². The number of carbonyl (C=O) groups excluding carboxylic acids is 1. The summed E-state index contributed by atoms with van der Waals surface area (Å²) in [4.78, 5) is 17.2. The zero-order valence-electron chi connectivity index (χ0n) is 15.1. The first kappa shape index (κ1) is 19.3. The number of rotatable bonds is 5. The van der Waals surface area contributed by atoms with Gasteiger partial charge in [-0.3, -0.25) is 20.2 Å². The third-order valence-corrected chi connectivity index (χ3v) is 5.33. The van der Waals surface area contributed by atoms with Crippen LogP contribution in [-0.4, -0.2) is 31.0 Å². The van der Waals surface area contributed by atoms with Crippen LogP contribution in [0, 0.1) is 5.41 Å². The number of aromatic nitrogens is 1. The number of amides is 1. The van der Waals surface area contributed by atoms with E-state index in [4.69, 9.17) is 11.1 Å². The Bertz CT molecular complexity index is 1160. The van der Waals surface area contributed by atoms with Gasteiger partial charge in [0.05, 0.1) is 22.5 Å². The molecule has 1 amide bonds. The predicted octanol–water partition coefficient (Wildman–Crippen LogP) is 2.29. The van der Waals surface area contributed by atoms with Crippen LogP contribution in [0.5, 0.6) is 0 Å². The maximum Gasteiger partial charge on any atom is 0.258 e. The van der Waals surface area contributed by atoms with Gasteiger partial charge in [0, 0.05) is 16.6 Å². The molecule has 0 atom stereocenters. The second-order valence-corrected chi connectivity index (χ2v) is 8.04. The van der Waals surface area contributed by atoms with Crippen LogP contribution in [-0.2, 0) is 10.0 Å². The number of hydrogen-bond donors (Lipinski definition) is 4. The lowest BCUT2D eigenvalue weighted by Crippen LogP contribution is -2.35. The van der Waals surface area contributed by atoms with Gasteiger partial charge < -0.3 is 5.73 Å². The van der Waals surface area contributed by atoms with Crippen LogP contribution in [0.4, 0.5) is 5.69 Å². The molecule has 28 heavy (non-hydrogen) atoms.